The molecule has 1 rings (SSSR count). The van der Waals surface area contributed by atoms with E-state index in [1.807, 2.05) is 0 Å². The van der Waals surface area contributed by atoms with Crippen molar-refractivity contribution in [1.29, 1.82) is 0 Å². The molecule has 1 aromatic carbocycles. The Morgan fingerprint density at radius 1 is 1.33 bits per heavy atom. The van der Waals surface area contributed by atoms with Gasteiger partial charge in [0.05, 0.1) is 5.56 Å². The summed E-state index contributed by atoms with van der Waals surface area (Å²) in [7, 11) is 0. The summed E-state index contributed by atoms with van der Waals surface area (Å²) < 4.78 is 0. The van der Waals surface area contributed by atoms with Crippen molar-refractivity contribution in [3.8, 4) is 0 Å². The van der Waals surface area contributed by atoms with E-state index in [9.17, 15) is 4.79 Å². The molecule has 0 spiro atoms. The SMILES string of the molecule is Cc1cc(C(=O)O)c(C)cc1Cl. The second-order valence-electron chi connectivity index (χ2n) is 2.72. The predicted molar refractivity (Wildman–Crippen MR) is 47.9 cm³/mol. The molecule has 1 aromatic rings. The average molecular weight is 185 g/mol. The number of carbonyl (C=O) groups is 1. The Morgan fingerprint density at radius 2 is 1.92 bits per heavy atom. The smallest absolute Gasteiger partial charge is 0.335 e. The van der Waals surface area contributed by atoms with Gasteiger partial charge < -0.3 is 5.11 Å². The molecule has 64 valence electrons. The van der Waals surface area contributed by atoms with Crippen LogP contribution < -0.4 is 0 Å². The van der Waals surface area contributed by atoms with E-state index >= 15 is 0 Å². The first-order chi connectivity index (χ1) is 5.52. The highest BCUT2D eigenvalue weighted by Crippen LogP contribution is 2.20. The average Bonchev–Trinajstić information content (AvgIpc) is 1.96. The quantitative estimate of drug-likeness (QED) is 0.729. The lowest BCUT2D eigenvalue weighted by atomic mass is 10.1. The van der Waals surface area contributed by atoms with Crippen LogP contribution in [0.4, 0.5) is 0 Å². The third-order valence-corrected chi connectivity index (χ3v) is 2.14. The predicted octanol–water partition coefficient (Wildman–Crippen LogP) is 2.66. The Hall–Kier alpha value is -1.02. The maximum absolute atomic E-state index is 10.6. The Kier molecular flexibility index (Phi) is 2.38. The Balaban J connectivity index is 3.33. The lowest BCUT2D eigenvalue weighted by Crippen LogP contribution is -2.00. The van der Waals surface area contributed by atoms with Crippen LogP contribution in [0, 0.1) is 13.8 Å². The van der Waals surface area contributed by atoms with Crippen molar-refractivity contribution in [2.45, 2.75) is 13.8 Å². The van der Waals surface area contributed by atoms with Crippen molar-refractivity contribution in [2.75, 3.05) is 0 Å². The minimum Gasteiger partial charge on any atom is -0.478 e. The maximum atomic E-state index is 10.6. The minimum atomic E-state index is -0.910. The van der Waals surface area contributed by atoms with Crippen LogP contribution in [0.1, 0.15) is 21.5 Å². The molecule has 0 atom stereocenters. The summed E-state index contributed by atoms with van der Waals surface area (Å²) in [4.78, 5) is 10.6. The van der Waals surface area contributed by atoms with E-state index in [0.29, 0.717) is 16.1 Å². The highest BCUT2D eigenvalue weighted by atomic mass is 35.5. The van der Waals surface area contributed by atoms with Gasteiger partial charge in [-0.25, -0.2) is 4.79 Å². The zero-order valence-electron chi connectivity index (χ0n) is 6.89. The molecule has 0 radical (unpaired) electrons. The Morgan fingerprint density at radius 3 is 2.42 bits per heavy atom. The number of carboxylic acid groups (broad SMARTS) is 1. The van der Waals surface area contributed by atoms with Crippen molar-refractivity contribution >= 4 is 17.6 Å². The van der Waals surface area contributed by atoms with Crippen molar-refractivity contribution in [3.63, 3.8) is 0 Å². The molecule has 3 heteroatoms. The second-order valence-corrected chi connectivity index (χ2v) is 3.13. The third-order valence-electron chi connectivity index (χ3n) is 1.74. The van der Waals surface area contributed by atoms with E-state index in [1.165, 1.54) is 0 Å². The summed E-state index contributed by atoms with van der Waals surface area (Å²) in [6.45, 7) is 3.52. The van der Waals surface area contributed by atoms with Crippen LogP contribution in [0.5, 0.6) is 0 Å². The standard InChI is InChI=1S/C9H9ClO2/c1-5-4-8(10)6(2)3-7(5)9(11)12/h3-4H,1-2H3,(H,11,12). The van der Waals surface area contributed by atoms with Crippen LogP contribution in [0.3, 0.4) is 0 Å². The summed E-state index contributed by atoms with van der Waals surface area (Å²) in [5.74, 6) is -0.910. The van der Waals surface area contributed by atoms with E-state index < -0.39 is 5.97 Å². The van der Waals surface area contributed by atoms with Crippen molar-refractivity contribution in [3.05, 3.63) is 33.8 Å². The zero-order valence-corrected chi connectivity index (χ0v) is 7.64. The molecule has 0 aliphatic rings. The molecule has 0 bridgehead atoms. The van der Waals surface area contributed by atoms with Crippen molar-refractivity contribution in [1.82, 2.24) is 0 Å². The number of hydrogen-bond donors (Lipinski definition) is 1. The lowest BCUT2D eigenvalue weighted by molar-refractivity contribution is 0.0696. The van der Waals surface area contributed by atoms with Gasteiger partial charge in [0, 0.05) is 5.02 Å². The number of halogens is 1. The first-order valence-electron chi connectivity index (χ1n) is 3.52. The highest BCUT2D eigenvalue weighted by Gasteiger charge is 2.08. The van der Waals surface area contributed by atoms with Gasteiger partial charge in [0.2, 0.25) is 0 Å². The molecular weight excluding hydrogens is 176 g/mol. The monoisotopic (exact) mass is 184 g/mol. The number of aromatic carboxylic acids is 1. The third kappa shape index (κ3) is 1.59. The largest absolute Gasteiger partial charge is 0.478 e. The molecule has 0 aliphatic heterocycles. The van der Waals surface area contributed by atoms with Crippen LogP contribution in [-0.2, 0) is 0 Å². The van der Waals surface area contributed by atoms with Crippen LogP contribution in [0.25, 0.3) is 0 Å². The summed E-state index contributed by atoms with van der Waals surface area (Å²) in [5.41, 5.74) is 1.80. The summed E-state index contributed by atoms with van der Waals surface area (Å²) in [6, 6.07) is 3.25. The molecule has 0 fully saturated rings. The number of benzene rings is 1. The fourth-order valence-electron chi connectivity index (χ4n) is 1.01. The molecular formula is C9H9ClO2. The van der Waals surface area contributed by atoms with Gasteiger partial charge in [-0.1, -0.05) is 11.6 Å². The first kappa shape index (κ1) is 9.07. The second kappa shape index (κ2) is 3.15. The number of carboxylic acids is 1. The molecule has 0 saturated heterocycles. The molecule has 0 unspecified atom stereocenters. The zero-order chi connectivity index (χ0) is 9.30. The normalized spacial score (nSPS) is 9.92. The molecule has 0 aliphatic carbocycles. The van der Waals surface area contributed by atoms with E-state index in [0.717, 1.165) is 5.56 Å². The summed E-state index contributed by atoms with van der Waals surface area (Å²) in [6.07, 6.45) is 0. The summed E-state index contributed by atoms with van der Waals surface area (Å²) >= 11 is 5.80. The van der Waals surface area contributed by atoms with Gasteiger partial charge >= 0.3 is 5.97 Å². The topological polar surface area (TPSA) is 37.3 Å². The maximum Gasteiger partial charge on any atom is 0.335 e. The number of aryl methyl sites for hydroxylation is 2. The van der Waals surface area contributed by atoms with Crippen molar-refractivity contribution < 1.29 is 9.90 Å². The van der Waals surface area contributed by atoms with Crippen LogP contribution in [-0.4, -0.2) is 11.1 Å². The van der Waals surface area contributed by atoms with E-state index in [2.05, 4.69) is 0 Å². The minimum absolute atomic E-state index is 0.317. The summed E-state index contributed by atoms with van der Waals surface area (Å²) in [5, 5.41) is 9.35. The van der Waals surface area contributed by atoms with Gasteiger partial charge in [-0.15, -0.1) is 0 Å². The van der Waals surface area contributed by atoms with E-state index in [1.54, 1.807) is 26.0 Å². The van der Waals surface area contributed by atoms with E-state index in [4.69, 9.17) is 16.7 Å². The lowest BCUT2D eigenvalue weighted by Gasteiger charge is -2.03. The van der Waals surface area contributed by atoms with Crippen LogP contribution in [0.15, 0.2) is 12.1 Å². The van der Waals surface area contributed by atoms with Crippen molar-refractivity contribution in [2.24, 2.45) is 0 Å². The molecule has 0 saturated carbocycles. The van der Waals surface area contributed by atoms with Gasteiger partial charge in [-0.3, -0.25) is 0 Å². The number of rotatable bonds is 1. The molecule has 0 amide bonds. The molecule has 2 nitrogen and oxygen atoms in total. The molecule has 12 heavy (non-hydrogen) atoms. The molecule has 0 heterocycles. The van der Waals surface area contributed by atoms with Crippen LogP contribution >= 0.6 is 11.6 Å². The van der Waals surface area contributed by atoms with E-state index in [-0.39, 0.29) is 0 Å². The van der Waals surface area contributed by atoms with Crippen LogP contribution in [0.2, 0.25) is 5.02 Å². The number of hydrogen-bond acceptors (Lipinski definition) is 1. The first-order valence-corrected chi connectivity index (χ1v) is 3.90. The van der Waals surface area contributed by atoms with Gasteiger partial charge in [0.25, 0.3) is 0 Å². The fraction of sp³-hybridized carbons (Fsp3) is 0.222. The van der Waals surface area contributed by atoms with Gasteiger partial charge in [-0.05, 0) is 37.1 Å². The van der Waals surface area contributed by atoms with Gasteiger partial charge in [0.15, 0.2) is 0 Å². The fourth-order valence-corrected chi connectivity index (χ4v) is 1.23. The molecule has 0 aromatic heterocycles. The van der Waals surface area contributed by atoms with Gasteiger partial charge in [0.1, 0.15) is 0 Å². The van der Waals surface area contributed by atoms with Gasteiger partial charge in [-0.2, -0.15) is 0 Å². The Labute approximate surface area is 75.8 Å². The highest BCUT2D eigenvalue weighted by molar-refractivity contribution is 6.31. The Bertz CT molecular complexity index is 332. The molecule has 1 N–H and O–H groups in total.